The Bertz CT molecular complexity index is 1600. The van der Waals surface area contributed by atoms with Crippen molar-refractivity contribution in [1.82, 2.24) is 9.78 Å². The average molecular weight is 551 g/mol. The number of nitrogens with one attached hydrogen (secondary N) is 2. The van der Waals surface area contributed by atoms with Crippen LogP contribution in [0, 0.1) is 18.8 Å². The van der Waals surface area contributed by atoms with E-state index in [1.54, 1.807) is 4.68 Å². The van der Waals surface area contributed by atoms with E-state index in [1.165, 1.54) is 0 Å². The van der Waals surface area contributed by atoms with Gasteiger partial charge in [-0.25, -0.2) is 9.48 Å². The van der Waals surface area contributed by atoms with Crippen LogP contribution in [0.2, 0.25) is 0 Å². The van der Waals surface area contributed by atoms with Gasteiger partial charge in [-0.3, -0.25) is 5.32 Å². The summed E-state index contributed by atoms with van der Waals surface area (Å²) < 4.78 is 13.4. The maximum absolute atomic E-state index is 13.3. The molecule has 1 aliphatic rings. The van der Waals surface area contributed by atoms with Crippen molar-refractivity contribution < 1.29 is 14.3 Å². The lowest BCUT2D eigenvalue weighted by molar-refractivity contribution is -0.173. The van der Waals surface area contributed by atoms with E-state index in [1.807, 2.05) is 80.6 Å². The number of amides is 2. The summed E-state index contributed by atoms with van der Waals surface area (Å²) in [5.41, 5.74) is 4.26. The predicted molar refractivity (Wildman–Crippen MR) is 165 cm³/mol. The molecule has 41 heavy (non-hydrogen) atoms. The highest BCUT2D eigenvalue weighted by Gasteiger charge is 2.22. The SMILES string of the molecule is Cc1ccccc1-n1nc(C(C)(C)C)cc1NC(=O)Nc1ccc(C#CC(C)OC2CCCCO2)c2ccccc12. The summed E-state index contributed by atoms with van der Waals surface area (Å²) in [7, 11) is 0. The first-order valence-electron chi connectivity index (χ1n) is 14.2. The Morgan fingerprint density at radius 3 is 2.54 bits per heavy atom. The number of fused-ring (bicyclic) bond motifs is 1. The maximum atomic E-state index is 13.3. The molecule has 0 aliphatic carbocycles. The highest BCUT2D eigenvalue weighted by atomic mass is 16.7. The van der Waals surface area contributed by atoms with Crippen LogP contribution < -0.4 is 10.6 Å². The zero-order chi connectivity index (χ0) is 29.0. The molecule has 0 saturated carbocycles. The van der Waals surface area contributed by atoms with E-state index in [9.17, 15) is 4.79 Å². The minimum Gasteiger partial charge on any atom is -0.353 e. The molecule has 2 atom stereocenters. The summed E-state index contributed by atoms with van der Waals surface area (Å²) in [6.45, 7) is 11.0. The Labute approximate surface area is 242 Å². The van der Waals surface area contributed by atoms with Crippen LogP contribution in [-0.4, -0.2) is 34.8 Å². The molecule has 0 spiro atoms. The van der Waals surface area contributed by atoms with Crippen molar-refractivity contribution in [3.63, 3.8) is 0 Å². The Morgan fingerprint density at radius 1 is 1.05 bits per heavy atom. The van der Waals surface area contributed by atoms with Crippen molar-refractivity contribution in [3.05, 3.63) is 83.6 Å². The second-order valence-corrected chi connectivity index (χ2v) is 11.5. The number of anilines is 2. The third-order valence-electron chi connectivity index (χ3n) is 7.14. The number of nitrogens with zero attached hydrogens (tertiary/aromatic N) is 2. The fourth-order valence-corrected chi connectivity index (χ4v) is 4.87. The van der Waals surface area contributed by atoms with E-state index in [4.69, 9.17) is 14.6 Å². The molecule has 2 amide bonds. The molecule has 7 nitrogen and oxygen atoms in total. The maximum Gasteiger partial charge on any atom is 0.324 e. The number of hydrogen-bond donors (Lipinski definition) is 2. The van der Waals surface area contributed by atoms with Crippen LogP contribution in [0.3, 0.4) is 0 Å². The summed E-state index contributed by atoms with van der Waals surface area (Å²) >= 11 is 0. The quantitative estimate of drug-likeness (QED) is 0.251. The molecule has 2 N–H and O–H groups in total. The van der Waals surface area contributed by atoms with Crippen LogP contribution in [0.15, 0.2) is 66.7 Å². The van der Waals surface area contributed by atoms with Crippen LogP contribution in [0.5, 0.6) is 0 Å². The van der Waals surface area contributed by atoms with Gasteiger partial charge in [0, 0.05) is 29.0 Å². The predicted octanol–water partition coefficient (Wildman–Crippen LogP) is 7.56. The van der Waals surface area contributed by atoms with Crippen molar-refractivity contribution in [3.8, 4) is 17.5 Å². The average Bonchev–Trinajstić information content (AvgIpc) is 3.37. The fourth-order valence-electron chi connectivity index (χ4n) is 4.87. The molecule has 2 heterocycles. The second kappa shape index (κ2) is 12.2. The highest BCUT2D eigenvalue weighted by Crippen LogP contribution is 2.29. The molecule has 0 radical (unpaired) electrons. The van der Waals surface area contributed by atoms with Gasteiger partial charge < -0.3 is 14.8 Å². The molecule has 0 bridgehead atoms. The van der Waals surface area contributed by atoms with Crippen LogP contribution in [0.25, 0.3) is 16.5 Å². The zero-order valence-corrected chi connectivity index (χ0v) is 24.5. The molecule has 3 aromatic carbocycles. The number of hydrogen-bond acceptors (Lipinski definition) is 4. The number of aryl methyl sites for hydroxylation is 1. The largest absolute Gasteiger partial charge is 0.353 e. The van der Waals surface area contributed by atoms with Crippen molar-refractivity contribution in [2.24, 2.45) is 0 Å². The molecule has 2 unspecified atom stereocenters. The standard InChI is InChI=1S/C34H38N4O3/c1-23-12-6-9-15-29(23)38-31(22-30(37-38)34(3,4)5)36-33(39)35-28-20-19-25(26-13-7-8-14-27(26)28)18-17-24(2)41-32-16-10-11-21-40-32/h6-9,12-15,19-20,22,24,32H,10-11,16,21H2,1-5H3,(H2,35,36,39). The molecule has 212 valence electrons. The molecule has 1 aliphatic heterocycles. The molecule has 1 aromatic heterocycles. The molecule has 5 rings (SSSR count). The lowest BCUT2D eigenvalue weighted by Crippen LogP contribution is -2.25. The number of carbonyl (C=O) groups excluding carboxylic acids is 1. The van der Waals surface area contributed by atoms with E-state index in [2.05, 4.69) is 43.2 Å². The lowest BCUT2D eigenvalue weighted by Gasteiger charge is -2.24. The van der Waals surface area contributed by atoms with E-state index in [0.29, 0.717) is 11.5 Å². The number of benzene rings is 3. The van der Waals surface area contributed by atoms with Crippen LogP contribution in [0.1, 0.15) is 63.8 Å². The lowest BCUT2D eigenvalue weighted by atomic mass is 9.92. The van der Waals surface area contributed by atoms with Crippen molar-refractivity contribution in [1.29, 1.82) is 0 Å². The first-order chi connectivity index (χ1) is 19.7. The number of aromatic nitrogens is 2. The smallest absolute Gasteiger partial charge is 0.324 e. The summed E-state index contributed by atoms with van der Waals surface area (Å²) in [4.78, 5) is 13.3. The third kappa shape index (κ3) is 6.79. The van der Waals surface area contributed by atoms with E-state index in [-0.39, 0.29) is 23.8 Å². The molecule has 7 heteroatoms. The van der Waals surface area contributed by atoms with Gasteiger partial charge >= 0.3 is 6.03 Å². The Balaban J connectivity index is 1.37. The van der Waals surface area contributed by atoms with E-state index in [0.717, 1.165) is 59.2 Å². The third-order valence-corrected chi connectivity index (χ3v) is 7.14. The minimum atomic E-state index is -0.348. The molecule has 4 aromatic rings. The van der Waals surface area contributed by atoms with Crippen molar-refractivity contribution in [2.45, 2.75) is 71.7 Å². The Morgan fingerprint density at radius 2 is 1.80 bits per heavy atom. The van der Waals surface area contributed by atoms with Gasteiger partial charge in [-0.1, -0.05) is 75.1 Å². The molecule has 1 fully saturated rings. The van der Waals surface area contributed by atoms with Gasteiger partial charge in [-0.2, -0.15) is 5.10 Å². The minimum absolute atomic E-state index is 0.181. The monoisotopic (exact) mass is 550 g/mol. The van der Waals surface area contributed by atoms with Gasteiger partial charge in [-0.05, 0) is 62.3 Å². The summed E-state index contributed by atoms with van der Waals surface area (Å²) in [6.07, 6.45) is 2.66. The number of urea groups is 1. The van der Waals surface area contributed by atoms with Gasteiger partial charge in [0.05, 0.1) is 17.1 Å². The second-order valence-electron chi connectivity index (χ2n) is 11.5. The molecule has 1 saturated heterocycles. The van der Waals surface area contributed by atoms with E-state index < -0.39 is 0 Å². The molecular weight excluding hydrogens is 512 g/mol. The topological polar surface area (TPSA) is 77.4 Å². The summed E-state index contributed by atoms with van der Waals surface area (Å²) in [6, 6.07) is 21.3. The van der Waals surface area contributed by atoms with Crippen LogP contribution >= 0.6 is 0 Å². The van der Waals surface area contributed by atoms with Gasteiger partial charge in [0.1, 0.15) is 11.9 Å². The van der Waals surface area contributed by atoms with Crippen molar-refractivity contribution in [2.75, 3.05) is 17.2 Å². The fraction of sp³-hybridized carbons (Fsp3) is 0.353. The Kier molecular flexibility index (Phi) is 8.44. The summed E-state index contributed by atoms with van der Waals surface area (Å²) in [5, 5.41) is 12.8. The normalized spacial score (nSPS) is 16.1. The van der Waals surface area contributed by atoms with Crippen LogP contribution in [-0.2, 0) is 14.9 Å². The number of ether oxygens (including phenoxy) is 2. The first kappa shape index (κ1) is 28.4. The van der Waals surface area contributed by atoms with Crippen molar-refractivity contribution >= 4 is 28.3 Å². The Hall–Kier alpha value is -4.12. The zero-order valence-electron chi connectivity index (χ0n) is 24.5. The van der Waals surface area contributed by atoms with Gasteiger partial charge in [-0.15, -0.1) is 0 Å². The van der Waals surface area contributed by atoms with Gasteiger partial charge in [0.2, 0.25) is 0 Å². The first-order valence-corrected chi connectivity index (χ1v) is 14.2. The van der Waals surface area contributed by atoms with E-state index >= 15 is 0 Å². The van der Waals surface area contributed by atoms with Crippen LogP contribution in [0.4, 0.5) is 16.3 Å². The number of para-hydroxylation sites is 1. The van der Waals surface area contributed by atoms with Gasteiger partial charge in [0.15, 0.2) is 6.29 Å². The summed E-state index contributed by atoms with van der Waals surface area (Å²) in [5.74, 6) is 7.09. The molecular formula is C34H38N4O3. The number of rotatable bonds is 5. The highest BCUT2D eigenvalue weighted by molar-refractivity contribution is 6.07. The van der Waals surface area contributed by atoms with Gasteiger partial charge in [0.25, 0.3) is 0 Å². The number of carbonyl (C=O) groups is 1.